The Balaban J connectivity index is 1.72. The number of allylic oxidation sites excluding steroid dienone is 1. The third kappa shape index (κ3) is 4.66. The van der Waals surface area contributed by atoms with Gasteiger partial charge in [-0.2, -0.15) is 0 Å². The Labute approximate surface area is 177 Å². The Kier molecular flexibility index (Phi) is 6.93. The summed E-state index contributed by atoms with van der Waals surface area (Å²) >= 11 is 9.18. The summed E-state index contributed by atoms with van der Waals surface area (Å²) in [5.41, 5.74) is 2.61. The monoisotopic (exact) mass is 432 g/mol. The van der Waals surface area contributed by atoms with Crippen LogP contribution in [0.2, 0.25) is 5.02 Å². The summed E-state index contributed by atoms with van der Waals surface area (Å²) in [6, 6.07) is 7.59. The lowest BCUT2D eigenvalue weighted by Crippen LogP contribution is -2.15. The fourth-order valence-electron chi connectivity index (χ4n) is 2.65. The molecule has 0 spiro atoms. The van der Waals surface area contributed by atoms with E-state index >= 15 is 0 Å². The number of hydrogen-bond donors (Lipinski definition) is 1. The van der Waals surface area contributed by atoms with Crippen LogP contribution in [-0.2, 0) is 17.8 Å². The Morgan fingerprint density at radius 2 is 2.25 bits per heavy atom. The molecule has 0 bridgehead atoms. The van der Waals surface area contributed by atoms with Crippen molar-refractivity contribution in [2.75, 3.05) is 11.1 Å². The number of aromatic nitrogens is 3. The van der Waals surface area contributed by atoms with Crippen LogP contribution in [0.3, 0.4) is 0 Å². The number of thioether (sulfide) groups is 1. The van der Waals surface area contributed by atoms with Gasteiger partial charge in [0.25, 0.3) is 0 Å². The SMILES string of the molecule is C=CCn1c(SCC(=O)Nc2cccc(Cl)c2C)nnc1-c1csc(CC)c1. The van der Waals surface area contributed by atoms with Gasteiger partial charge in [-0.3, -0.25) is 9.36 Å². The van der Waals surface area contributed by atoms with Gasteiger partial charge in [-0.15, -0.1) is 28.1 Å². The molecule has 146 valence electrons. The van der Waals surface area contributed by atoms with Crippen LogP contribution in [-0.4, -0.2) is 26.4 Å². The van der Waals surface area contributed by atoms with E-state index in [9.17, 15) is 4.79 Å². The zero-order valence-corrected chi connectivity index (χ0v) is 18.1. The molecule has 3 aromatic rings. The van der Waals surface area contributed by atoms with E-state index in [1.165, 1.54) is 16.6 Å². The minimum atomic E-state index is -0.117. The summed E-state index contributed by atoms with van der Waals surface area (Å²) in [5.74, 6) is 0.906. The number of hydrogen-bond acceptors (Lipinski definition) is 5. The largest absolute Gasteiger partial charge is 0.325 e. The summed E-state index contributed by atoms with van der Waals surface area (Å²) in [6.07, 6.45) is 2.80. The van der Waals surface area contributed by atoms with E-state index in [4.69, 9.17) is 11.6 Å². The van der Waals surface area contributed by atoms with E-state index in [2.05, 4.69) is 40.5 Å². The Hall–Kier alpha value is -2.09. The van der Waals surface area contributed by atoms with Crippen LogP contribution < -0.4 is 5.32 Å². The fourth-order valence-corrected chi connectivity index (χ4v) is 4.38. The van der Waals surface area contributed by atoms with Crippen molar-refractivity contribution >= 4 is 46.3 Å². The van der Waals surface area contributed by atoms with Crippen molar-refractivity contribution in [2.45, 2.75) is 32.0 Å². The van der Waals surface area contributed by atoms with Crippen molar-refractivity contribution in [3.05, 3.63) is 57.8 Å². The lowest BCUT2D eigenvalue weighted by Gasteiger charge is -2.10. The molecule has 1 N–H and O–H groups in total. The van der Waals surface area contributed by atoms with Gasteiger partial charge in [0.15, 0.2) is 11.0 Å². The number of nitrogens with one attached hydrogen (secondary N) is 1. The molecule has 5 nitrogen and oxygen atoms in total. The standard InChI is InChI=1S/C20H21ClN4OS2/c1-4-9-25-19(14-10-15(5-2)27-11-14)23-24-20(25)28-12-18(26)22-17-8-6-7-16(21)13(17)3/h4,6-8,10-11H,1,5,9,12H2,2-3H3,(H,22,26). The maximum Gasteiger partial charge on any atom is 0.234 e. The zero-order chi connectivity index (χ0) is 20.1. The van der Waals surface area contributed by atoms with Gasteiger partial charge in [-0.05, 0) is 37.1 Å². The summed E-state index contributed by atoms with van der Waals surface area (Å²) in [5, 5.41) is 14.9. The highest BCUT2D eigenvalue weighted by atomic mass is 35.5. The minimum Gasteiger partial charge on any atom is -0.325 e. The number of carbonyl (C=O) groups is 1. The molecule has 0 aliphatic heterocycles. The van der Waals surface area contributed by atoms with E-state index in [0.717, 1.165) is 29.1 Å². The molecule has 2 heterocycles. The second-order valence-electron chi connectivity index (χ2n) is 6.11. The van der Waals surface area contributed by atoms with Gasteiger partial charge in [-0.1, -0.05) is 42.4 Å². The van der Waals surface area contributed by atoms with Gasteiger partial charge in [0.1, 0.15) is 0 Å². The lowest BCUT2D eigenvalue weighted by molar-refractivity contribution is -0.113. The number of anilines is 1. The molecule has 0 unspecified atom stereocenters. The number of carbonyl (C=O) groups excluding carboxylic acids is 1. The molecule has 0 fully saturated rings. The smallest absolute Gasteiger partial charge is 0.234 e. The van der Waals surface area contributed by atoms with Gasteiger partial charge in [-0.25, -0.2) is 0 Å². The number of halogens is 1. The molecule has 2 aromatic heterocycles. The quantitative estimate of drug-likeness (QED) is 0.380. The average molecular weight is 433 g/mol. The second-order valence-corrected chi connectivity index (χ2v) is 8.46. The molecule has 1 amide bonds. The highest BCUT2D eigenvalue weighted by Crippen LogP contribution is 2.28. The predicted molar refractivity (Wildman–Crippen MR) is 118 cm³/mol. The third-order valence-corrected chi connectivity index (χ3v) is 6.62. The maximum absolute atomic E-state index is 12.4. The number of benzene rings is 1. The fraction of sp³-hybridized carbons (Fsp3) is 0.250. The number of rotatable bonds is 8. The molecule has 0 atom stereocenters. The highest BCUT2D eigenvalue weighted by molar-refractivity contribution is 7.99. The van der Waals surface area contributed by atoms with E-state index < -0.39 is 0 Å². The van der Waals surface area contributed by atoms with E-state index in [1.54, 1.807) is 23.5 Å². The van der Waals surface area contributed by atoms with Crippen molar-refractivity contribution in [3.8, 4) is 11.4 Å². The normalized spacial score (nSPS) is 10.8. The van der Waals surface area contributed by atoms with Gasteiger partial charge in [0.2, 0.25) is 5.91 Å². The molecule has 0 radical (unpaired) electrons. The van der Waals surface area contributed by atoms with Gasteiger partial charge < -0.3 is 5.32 Å². The van der Waals surface area contributed by atoms with E-state index in [0.29, 0.717) is 16.7 Å². The summed E-state index contributed by atoms with van der Waals surface area (Å²) in [6.45, 7) is 8.42. The number of aryl methyl sites for hydroxylation is 1. The molecular formula is C20H21ClN4OS2. The van der Waals surface area contributed by atoms with Crippen molar-refractivity contribution < 1.29 is 4.79 Å². The molecular weight excluding hydrogens is 412 g/mol. The van der Waals surface area contributed by atoms with Gasteiger partial charge in [0, 0.05) is 33.1 Å². The number of nitrogens with zero attached hydrogens (tertiary/aromatic N) is 3. The molecule has 0 aliphatic carbocycles. The lowest BCUT2D eigenvalue weighted by atomic mass is 10.2. The number of amides is 1. The van der Waals surface area contributed by atoms with Crippen LogP contribution in [0.5, 0.6) is 0 Å². The average Bonchev–Trinajstić information content (AvgIpc) is 3.31. The van der Waals surface area contributed by atoms with Crippen LogP contribution in [0.25, 0.3) is 11.4 Å². The molecule has 3 rings (SSSR count). The maximum atomic E-state index is 12.4. The van der Waals surface area contributed by atoms with Gasteiger partial charge in [0.05, 0.1) is 5.75 Å². The number of thiophene rings is 1. The molecule has 0 aliphatic rings. The van der Waals surface area contributed by atoms with Gasteiger partial charge >= 0.3 is 0 Å². The zero-order valence-electron chi connectivity index (χ0n) is 15.7. The molecule has 1 aromatic carbocycles. The molecule has 8 heteroatoms. The predicted octanol–water partition coefficient (Wildman–Crippen LogP) is 5.45. The molecule has 0 saturated heterocycles. The van der Waals surface area contributed by atoms with Crippen molar-refractivity contribution in [1.82, 2.24) is 14.8 Å². The van der Waals surface area contributed by atoms with Crippen LogP contribution in [0.4, 0.5) is 5.69 Å². The molecule has 28 heavy (non-hydrogen) atoms. The Bertz CT molecular complexity index is 996. The first-order valence-electron chi connectivity index (χ1n) is 8.83. The first-order chi connectivity index (χ1) is 13.5. The summed E-state index contributed by atoms with van der Waals surface area (Å²) in [7, 11) is 0. The second kappa shape index (κ2) is 9.41. The van der Waals surface area contributed by atoms with Crippen molar-refractivity contribution in [2.24, 2.45) is 0 Å². The topological polar surface area (TPSA) is 59.8 Å². The van der Waals surface area contributed by atoms with Crippen LogP contribution >= 0.6 is 34.7 Å². The summed E-state index contributed by atoms with van der Waals surface area (Å²) in [4.78, 5) is 13.7. The minimum absolute atomic E-state index is 0.117. The Morgan fingerprint density at radius 3 is 2.96 bits per heavy atom. The summed E-state index contributed by atoms with van der Waals surface area (Å²) < 4.78 is 1.98. The van der Waals surface area contributed by atoms with Crippen LogP contribution in [0, 0.1) is 6.92 Å². The third-order valence-electron chi connectivity index (χ3n) is 4.16. The van der Waals surface area contributed by atoms with Crippen molar-refractivity contribution in [3.63, 3.8) is 0 Å². The van der Waals surface area contributed by atoms with E-state index in [-0.39, 0.29) is 11.7 Å². The first-order valence-corrected chi connectivity index (χ1v) is 11.1. The molecule has 0 saturated carbocycles. The Morgan fingerprint density at radius 1 is 1.43 bits per heavy atom. The van der Waals surface area contributed by atoms with Crippen LogP contribution in [0.1, 0.15) is 17.4 Å². The van der Waals surface area contributed by atoms with E-state index in [1.807, 2.05) is 23.6 Å². The van der Waals surface area contributed by atoms with Crippen LogP contribution in [0.15, 0.2) is 47.5 Å². The first kappa shape index (κ1) is 20.6. The highest BCUT2D eigenvalue weighted by Gasteiger charge is 2.16. The van der Waals surface area contributed by atoms with Crippen molar-refractivity contribution in [1.29, 1.82) is 0 Å².